The van der Waals surface area contributed by atoms with Gasteiger partial charge in [-0.3, -0.25) is 9.78 Å². The third-order valence-corrected chi connectivity index (χ3v) is 4.68. The van der Waals surface area contributed by atoms with E-state index in [0.717, 1.165) is 33.4 Å². The first-order valence-electron chi connectivity index (χ1n) is 9.22. The maximum atomic E-state index is 11.1. The fourth-order valence-electron chi connectivity index (χ4n) is 3.32. The number of hydrogen-bond donors (Lipinski definition) is 2. The predicted octanol–water partition coefficient (Wildman–Crippen LogP) is 4.16. The molecule has 146 valence electrons. The van der Waals surface area contributed by atoms with Crippen molar-refractivity contribution in [2.75, 3.05) is 0 Å². The Hall–Kier alpha value is -3.64. The zero-order valence-corrected chi connectivity index (χ0v) is 15.7. The van der Waals surface area contributed by atoms with Gasteiger partial charge in [0.2, 0.25) is 0 Å². The van der Waals surface area contributed by atoms with Gasteiger partial charge in [-0.25, -0.2) is 0 Å². The molecule has 2 aromatic carbocycles. The number of carboxylic acid groups (broad SMARTS) is 1. The Bertz CT molecular complexity index is 1170. The van der Waals surface area contributed by atoms with Gasteiger partial charge in [-0.05, 0) is 53.1 Å². The Labute approximate surface area is 167 Å². The standard InChI is InChI=1S/C23H20N2O4/c24-13-18-11-16(5-7-25-18)20-9-15(10-22-19(20)6-8-28-22)14-29-21-4-2-1-3-17(21)12-23(26)27/h1-11H,12-14,24H2,(H,26,27). The fourth-order valence-corrected chi connectivity index (χ4v) is 3.32. The van der Waals surface area contributed by atoms with E-state index in [1.807, 2.05) is 36.4 Å². The number of nitrogens with zero attached hydrogens (tertiary/aromatic N) is 1. The van der Waals surface area contributed by atoms with Crippen LogP contribution >= 0.6 is 0 Å². The van der Waals surface area contributed by atoms with Crippen LogP contribution in [-0.4, -0.2) is 16.1 Å². The van der Waals surface area contributed by atoms with E-state index in [9.17, 15) is 4.79 Å². The molecule has 2 aromatic heterocycles. The molecule has 0 aliphatic heterocycles. The quantitative estimate of drug-likeness (QED) is 0.493. The average molecular weight is 388 g/mol. The summed E-state index contributed by atoms with van der Waals surface area (Å²) in [5.41, 5.74) is 10.9. The molecule has 6 heteroatoms. The molecule has 0 aliphatic carbocycles. The van der Waals surface area contributed by atoms with Gasteiger partial charge in [-0.1, -0.05) is 18.2 Å². The summed E-state index contributed by atoms with van der Waals surface area (Å²) in [7, 11) is 0. The number of aromatic nitrogens is 1. The maximum absolute atomic E-state index is 11.1. The number of carboxylic acids is 1. The molecule has 2 heterocycles. The molecule has 0 unspecified atom stereocenters. The number of aliphatic carboxylic acids is 1. The van der Waals surface area contributed by atoms with Crippen molar-refractivity contribution >= 4 is 16.9 Å². The van der Waals surface area contributed by atoms with Crippen LogP contribution in [-0.2, 0) is 24.4 Å². The van der Waals surface area contributed by atoms with Gasteiger partial charge in [0.25, 0.3) is 0 Å². The van der Waals surface area contributed by atoms with Crippen LogP contribution in [0.4, 0.5) is 0 Å². The van der Waals surface area contributed by atoms with Gasteiger partial charge in [0.1, 0.15) is 17.9 Å². The SMILES string of the molecule is NCc1cc(-c2cc(COc3ccccc3CC(=O)O)cc3occc23)ccn1. The second kappa shape index (κ2) is 8.16. The second-order valence-electron chi connectivity index (χ2n) is 6.68. The topological polar surface area (TPSA) is 98.6 Å². The van der Waals surface area contributed by atoms with Gasteiger partial charge in [0.05, 0.1) is 18.4 Å². The molecule has 0 spiro atoms. The highest BCUT2D eigenvalue weighted by Gasteiger charge is 2.12. The fraction of sp³-hybridized carbons (Fsp3) is 0.130. The van der Waals surface area contributed by atoms with Crippen LogP contribution in [0.15, 0.2) is 71.5 Å². The highest BCUT2D eigenvalue weighted by molar-refractivity contribution is 5.94. The van der Waals surface area contributed by atoms with Crippen molar-refractivity contribution in [2.24, 2.45) is 5.73 Å². The van der Waals surface area contributed by atoms with Crippen LogP contribution in [0.25, 0.3) is 22.1 Å². The number of nitrogens with two attached hydrogens (primary N) is 1. The van der Waals surface area contributed by atoms with E-state index in [-0.39, 0.29) is 13.0 Å². The first kappa shape index (κ1) is 18.7. The third kappa shape index (κ3) is 4.12. The lowest BCUT2D eigenvalue weighted by Gasteiger charge is -2.12. The highest BCUT2D eigenvalue weighted by Crippen LogP contribution is 2.32. The summed E-state index contributed by atoms with van der Waals surface area (Å²) in [5, 5.41) is 10.1. The molecule has 3 N–H and O–H groups in total. The number of furan rings is 1. The number of benzene rings is 2. The number of para-hydroxylation sites is 1. The molecule has 0 fully saturated rings. The van der Waals surface area contributed by atoms with Crippen molar-refractivity contribution < 1.29 is 19.1 Å². The van der Waals surface area contributed by atoms with Crippen LogP contribution in [0.2, 0.25) is 0 Å². The van der Waals surface area contributed by atoms with Crippen molar-refractivity contribution in [1.82, 2.24) is 4.98 Å². The van der Waals surface area contributed by atoms with Crippen molar-refractivity contribution in [3.05, 3.63) is 83.9 Å². The predicted molar refractivity (Wildman–Crippen MR) is 109 cm³/mol. The number of rotatable bonds is 7. The third-order valence-electron chi connectivity index (χ3n) is 4.68. The summed E-state index contributed by atoms with van der Waals surface area (Å²) in [6.45, 7) is 0.653. The normalized spacial score (nSPS) is 10.9. The summed E-state index contributed by atoms with van der Waals surface area (Å²) >= 11 is 0. The Balaban J connectivity index is 1.67. The van der Waals surface area contributed by atoms with Gasteiger partial charge in [-0.15, -0.1) is 0 Å². The Morgan fingerprint density at radius 3 is 2.83 bits per heavy atom. The lowest BCUT2D eigenvalue weighted by atomic mass is 9.99. The summed E-state index contributed by atoms with van der Waals surface area (Å²) in [5.74, 6) is -0.334. The molecule has 0 amide bonds. The van der Waals surface area contributed by atoms with Gasteiger partial charge in [-0.2, -0.15) is 0 Å². The molecule has 4 rings (SSSR count). The molecule has 0 atom stereocenters. The van der Waals surface area contributed by atoms with Gasteiger partial charge in [0, 0.05) is 23.7 Å². The average Bonchev–Trinajstić information content (AvgIpc) is 3.21. The molecule has 4 aromatic rings. The molecule has 0 saturated carbocycles. The lowest BCUT2D eigenvalue weighted by molar-refractivity contribution is -0.136. The number of carbonyl (C=O) groups is 1. The van der Waals surface area contributed by atoms with E-state index in [1.54, 1.807) is 30.7 Å². The van der Waals surface area contributed by atoms with E-state index in [2.05, 4.69) is 4.98 Å². The Kier molecular flexibility index (Phi) is 5.27. The molecule has 0 bridgehead atoms. The van der Waals surface area contributed by atoms with Crippen molar-refractivity contribution in [3.63, 3.8) is 0 Å². The van der Waals surface area contributed by atoms with Crippen LogP contribution in [0.5, 0.6) is 5.75 Å². The number of fused-ring (bicyclic) bond motifs is 1. The highest BCUT2D eigenvalue weighted by atomic mass is 16.5. The van der Waals surface area contributed by atoms with Gasteiger partial charge >= 0.3 is 5.97 Å². The monoisotopic (exact) mass is 388 g/mol. The molecular weight excluding hydrogens is 368 g/mol. The number of ether oxygens (including phenoxy) is 1. The van der Waals surface area contributed by atoms with Gasteiger partial charge < -0.3 is 20.0 Å². The minimum atomic E-state index is -0.895. The van der Waals surface area contributed by atoms with Crippen LogP contribution in [0.3, 0.4) is 0 Å². The van der Waals surface area contributed by atoms with E-state index in [0.29, 0.717) is 17.9 Å². The van der Waals surface area contributed by atoms with Crippen molar-refractivity contribution in [2.45, 2.75) is 19.6 Å². The molecule has 0 aliphatic rings. The minimum Gasteiger partial charge on any atom is -0.489 e. The Morgan fingerprint density at radius 1 is 1.14 bits per heavy atom. The van der Waals surface area contributed by atoms with Gasteiger partial charge in [0.15, 0.2) is 0 Å². The Morgan fingerprint density at radius 2 is 2.00 bits per heavy atom. The van der Waals surface area contributed by atoms with E-state index >= 15 is 0 Å². The first-order chi connectivity index (χ1) is 14.1. The molecule has 0 radical (unpaired) electrons. The number of hydrogen-bond acceptors (Lipinski definition) is 5. The lowest BCUT2D eigenvalue weighted by Crippen LogP contribution is -2.04. The zero-order valence-electron chi connectivity index (χ0n) is 15.7. The summed E-state index contributed by atoms with van der Waals surface area (Å²) < 4.78 is 11.6. The minimum absolute atomic E-state index is 0.0858. The van der Waals surface area contributed by atoms with Crippen molar-refractivity contribution in [1.29, 1.82) is 0 Å². The first-order valence-corrected chi connectivity index (χ1v) is 9.22. The molecule has 6 nitrogen and oxygen atoms in total. The smallest absolute Gasteiger partial charge is 0.307 e. The van der Waals surface area contributed by atoms with E-state index in [4.69, 9.17) is 20.0 Å². The number of pyridine rings is 1. The zero-order chi connectivity index (χ0) is 20.2. The van der Waals surface area contributed by atoms with E-state index < -0.39 is 5.97 Å². The maximum Gasteiger partial charge on any atom is 0.307 e. The molecule has 29 heavy (non-hydrogen) atoms. The van der Waals surface area contributed by atoms with Crippen LogP contribution in [0, 0.1) is 0 Å². The molecule has 0 saturated heterocycles. The van der Waals surface area contributed by atoms with Crippen molar-refractivity contribution in [3.8, 4) is 16.9 Å². The van der Waals surface area contributed by atoms with Crippen LogP contribution in [0.1, 0.15) is 16.8 Å². The van der Waals surface area contributed by atoms with E-state index in [1.165, 1.54) is 0 Å². The second-order valence-corrected chi connectivity index (χ2v) is 6.68. The summed E-state index contributed by atoms with van der Waals surface area (Å²) in [4.78, 5) is 15.3. The summed E-state index contributed by atoms with van der Waals surface area (Å²) in [6.07, 6.45) is 3.32. The van der Waals surface area contributed by atoms with Crippen LogP contribution < -0.4 is 10.5 Å². The molecular formula is C23H20N2O4. The largest absolute Gasteiger partial charge is 0.489 e. The summed E-state index contributed by atoms with van der Waals surface area (Å²) in [6, 6.07) is 17.0.